The van der Waals surface area contributed by atoms with Crippen LogP contribution in [0.25, 0.3) is 11.1 Å². The molecule has 2 aromatic carbocycles. The molecule has 0 fully saturated rings. The highest BCUT2D eigenvalue weighted by molar-refractivity contribution is 5.94. The van der Waals surface area contributed by atoms with E-state index in [-0.39, 0.29) is 0 Å². The van der Waals surface area contributed by atoms with Crippen molar-refractivity contribution in [1.29, 1.82) is 0 Å². The molecule has 0 N–H and O–H groups in total. The van der Waals surface area contributed by atoms with Gasteiger partial charge in [0.15, 0.2) is 0 Å². The zero-order valence-corrected chi connectivity index (χ0v) is 14.1. The highest BCUT2D eigenvalue weighted by atomic mass is 16.5. The summed E-state index contributed by atoms with van der Waals surface area (Å²) in [5.41, 5.74) is 7.68. The number of methoxy groups -OCH3 is 2. The van der Waals surface area contributed by atoms with E-state index >= 15 is 0 Å². The first-order chi connectivity index (χ1) is 11.2. The van der Waals surface area contributed by atoms with E-state index < -0.39 is 0 Å². The van der Waals surface area contributed by atoms with Crippen molar-refractivity contribution in [3.8, 4) is 11.5 Å². The molecule has 2 heteroatoms. The number of allylic oxidation sites excluding steroid dienone is 4. The molecule has 3 rings (SSSR count). The summed E-state index contributed by atoms with van der Waals surface area (Å²) in [7, 11) is 3.45. The van der Waals surface area contributed by atoms with E-state index in [2.05, 4.69) is 38.1 Å². The highest BCUT2D eigenvalue weighted by Gasteiger charge is 2.24. The van der Waals surface area contributed by atoms with Gasteiger partial charge in [-0.3, -0.25) is 0 Å². The van der Waals surface area contributed by atoms with E-state index in [1.165, 1.54) is 33.4 Å². The second-order valence-corrected chi connectivity index (χ2v) is 5.78. The summed E-state index contributed by atoms with van der Waals surface area (Å²) in [4.78, 5) is 0. The van der Waals surface area contributed by atoms with Gasteiger partial charge in [-0.1, -0.05) is 36.4 Å². The summed E-state index contributed by atoms with van der Waals surface area (Å²) in [6.07, 6.45) is 0.901. The van der Waals surface area contributed by atoms with Crippen molar-refractivity contribution in [3.05, 3.63) is 70.8 Å². The predicted octanol–water partition coefficient (Wildman–Crippen LogP) is 5.35. The van der Waals surface area contributed by atoms with E-state index in [0.29, 0.717) is 0 Å². The summed E-state index contributed by atoms with van der Waals surface area (Å²) in [6, 6.07) is 16.5. The fraction of sp³-hybridized carbons (Fsp3) is 0.238. The molecule has 0 saturated heterocycles. The third kappa shape index (κ3) is 2.65. The van der Waals surface area contributed by atoms with Gasteiger partial charge in [0.2, 0.25) is 0 Å². The Morgan fingerprint density at radius 1 is 0.652 bits per heavy atom. The van der Waals surface area contributed by atoms with Crippen LogP contribution in [0.3, 0.4) is 0 Å². The summed E-state index contributed by atoms with van der Waals surface area (Å²) < 4.78 is 11.1. The van der Waals surface area contributed by atoms with Gasteiger partial charge in [0.1, 0.15) is 11.5 Å². The molecule has 0 spiro atoms. The Balaban J connectivity index is 2.04. The van der Waals surface area contributed by atoms with Crippen LogP contribution in [0.4, 0.5) is 0 Å². The van der Waals surface area contributed by atoms with Crippen LogP contribution in [0.1, 0.15) is 31.4 Å². The number of para-hydroxylation sites is 2. The maximum atomic E-state index is 5.55. The van der Waals surface area contributed by atoms with E-state index in [9.17, 15) is 0 Å². The molecule has 23 heavy (non-hydrogen) atoms. The molecule has 1 aliphatic carbocycles. The number of rotatable bonds is 4. The van der Waals surface area contributed by atoms with Gasteiger partial charge < -0.3 is 9.47 Å². The van der Waals surface area contributed by atoms with Crippen LogP contribution >= 0.6 is 0 Å². The molecule has 0 aromatic heterocycles. The summed E-state index contributed by atoms with van der Waals surface area (Å²) in [5.74, 6) is 1.85. The molecule has 0 saturated carbocycles. The Labute approximate surface area is 138 Å². The Kier molecular flexibility index (Phi) is 4.24. The fourth-order valence-corrected chi connectivity index (χ4v) is 3.28. The van der Waals surface area contributed by atoms with Gasteiger partial charge in [0, 0.05) is 11.1 Å². The number of ether oxygens (including phenoxy) is 2. The van der Waals surface area contributed by atoms with E-state index in [0.717, 1.165) is 17.9 Å². The quantitative estimate of drug-likeness (QED) is 0.757. The minimum atomic E-state index is 0.901. The van der Waals surface area contributed by atoms with Gasteiger partial charge in [-0.25, -0.2) is 0 Å². The first-order valence-electron chi connectivity index (χ1n) is 7.84. The van der Waals surface area contributed by atoms with Crippen molar-refractivity contribution >= 4 is 11.1 Å². The summed E-state index contributed by atoms with van der Waals surface area (Å²) >= 11 is 0. The molecule has 0 bridgehead atoms. The van der Waals surface area contributed by atoms with Crippen molar-refractivity contribution in [2.24, 2.45) is 0 Å². The molecular formula is C21H22O2. The van der Waals surface area contributed by atoms with Crippen LogP contribution in [-0.4, -0.2) is 14.2 Å². The molecule has 0 heterocycles. The van der Waals surface area contributed by atoms with Crippen molar-refractivity contribution in [2.45, 2.75) is 20.3 Å². The van der Waals surface area contributed by atoms with Gasteiger partial charge in [-0.05, 0) is 54.7 Å². The molecule has 0 aliphatic heterocycles. The molecule has 2 aromatic rings. The van der Waals surface area contributed by atoms with Crippen molar-refractivity contribution < 1.29 is 9.47 Å². The topological polar surface area (TPSA) is 18.5 Å². The van der Waals surface area contributed by atoms with E-state index in [1.54, 1.807) is 14.2 Å². The third-order valence-corrected chi connectivity index (χ3v) is 4.69. The van der Waals surface area contributed by atoms with Crippen LogP contribution < -0.4 is 9.47 Å². The van der Waals surface area contributed by atoms with Crippen LogP contribution in [0, 0.1) is 0 Å². The van der Waals surface area contributed by atoms with E-state index in [4.69, 9.17) is 9.47 Å². The monoisotopic (exact) mass is 306 g/mol. The van der Waals surface area contributed by atoms with Gasteiger partial charge in [-0.2, -0.15) is 0 Å². The van der Waals surface area contributed by atoms with Crippen LogP contribution in [0.2, 0.25) is 0 Å². The predicted molar refractivity (Wildman–Crippen MR) is 95.8 cm³/mol. The molecule has 1 aliphatic rings. The van der Waals surface area contributed by atoms with E-state index in [1.807, 2.05) is 24.3 Å². The molecule has 2 nitrogen and oxygen atoms in total. The van der Waals surface area contributed by atoms with Crippen LogP contribution in [-0.2, 0) is 0 Å². The minimum absolute atomic E-state index is 0.901. The Hall–Kier alpha value is -2.48. The van der Waals surface area contributed by atoms with Crippen molar-refractivity contribution in [1.82, 2.24) is 0 Å². The van der Waals surface area contributed by atoms with Gasteiger partial charge >= 0.3 is 0 Å². The van der Waals surface area contributed by atoms with Gasteiger partial charge in [0.05, 0.1) is 14.2 Å². The fourth-order valence-electron chi connectivity index (χ4n) is 3.28. The van der Waals surface area contributed by atoms with Gasteiger partial charge in [-0.15, -0.1) is 0 Å². The molecule has 118 valence electrons. The van der Waals surface area contributed by atoms with Crippen molar-refractivity contribution in [3.63, 3.8) is 0 Å². The lowest BCUT2D eigenvalue weighted by molar-refractivity contribution is 0.413. The first-order valence-corrected chi connectivity index (χ1v) is 7.84. The Bertz CT molecular complexity index is 729. The standard InChI is InChI=1S/C21H22O2/c1-14-15(2)19(17-10-6-8-12-21(17)23-4)13-18(14)16-9-5-7-11-20(16)22-3/h5-12H,13H2,1-4H3. The molecule has 0 atom stereocenters. The molecule has 0 unspecified atom stereocenters. The average molecular weight is 306 g/mol. The third-order valence-electron chi connectivity index (χ3n) is 4.69. The van der Waals surface area contributed by atoms with Crippen LogP contribution in [0.15, 0.2) is 59.7 Å². The first kappa shape index (κ1) is 15.4. The SMILES string of the molecule is COc1ccccc1C1=C(C)C(C)=C(c2ccccc2OC)C1. The zero-order chi connectivity index (χ0) is 16.4. The van der Waals surface area contributed by atoms with Gasteiger partial charge in [0.25, 0.3) is 0 Å². The second kappa shape index (κ2) is 6.33. The number of hydrogen-bond donors (Lipinski definition) is 0. The normalized spacial score (nSPS) is 14.4. The number of hydrogen-bond acceptors (Lipinski definition) is 2. The Morgan fingerprint density at radius 3 is 1.43 bits per heavy atom. The molecule has 0 amide bonds. The maximum absolute atomic E-state index is 5.55. The van der Waals surface area contributed by atoms with Crippen LogP contribution in [0.5, 0.6) is 11.5 Å². The maximum Gasteiger partial charge on any atom is 0.126 e. The highest BCUT2D eigenvalue weighted by Crippen LogP contribution is 2.46. The second-order valence-electron chi connectivity index (χ2n) is 5.78. The summed E-state index contributed by atoms with van der Waals surface area (Å²) in [6.45, 7) is 4.39. The Morgan fingerprint density at radius 2 is 1.04 bits per heavy atom. The summed E-state index contributed by atoms with van der Waals surface area (Å²) in [5, 5.41) is 0. The molecular weight excluding hydrogens is 284 g/mol. The number of benzene rings is 2. The smallest absolute Gasteiger partial charge is 0.126 e. The lowest BCUT2D eigenvalue weighted by Gasteiger charge is -2.13. The van der Waals surface area contributed by atoms with Crippen molar-refractivity contribution in [2.75, 3.05) is 14.2 Å². The zero-order valence-electron chi connectivity index (χ0n) is 14.1. The lowest BCUT2D eigenvalue weighted by Crippen LogP contribution is -1.93. The minimum Gasteiger partial charge on any atom is -0.496 e. The lowest BCUT2D eigenvalue weighted by atomic mass is 9.97. The average Bonchev–Trinajstić information content (AvgIpc) is 2.90. The molecule has 0 radical (unpaired) electrons. The largest absolute Gasteiger partial charge is 0.496 e.